The number of nitrogens with zero attached hydrogens (tertiary/aromatic N) is 1. The SMILES string of the molecule is C.C.CC.CC.CC.Cc1ccccc1.c1ccncc1. The predicted octanol–water partition coefficient (Wildman–Crippen LogP) is 7.43. The largest absolute Gasteiger partial charge is 0.265 e. The second-order valence-corrected chi connectivity index (χ2v) is 2.68. The number of benzene rings is 1. The van der Waals surface area contributed by atoms with Crippen molar-refractivity contribution in [1.29, 1.82) is 0 Å². The zero-order valence-corrected chi connectivity index (χ0v) is 13.7. The summed E-state index contributed by atoms with van der Waals surface area (Å²) in [6.07, 6.45) is 3.50. The van der Waals surface area contributed by atoms with E-state index in [9.17, 15) is 0 Å². The summed E-state index contributed by atoms with van der Waals surface area (Å²) >= 11 is 0. The third-order valence-electron chi connectivity index (χ3n) is 1.51. The van der Waals surface area contributed by atoms with Crippen LogP contribution in [0.1, 0.15) is 62.0 Å². The number of aryl methyl sites for hydroxylation is 1. The van der Waals surface area contributed by atoms with Gasteiger partial charge in [0.05, 0.1) is 0 Å². The molecular weight excluding hydrogens is 254 g/mol. The maximum atomic E-state index is 3.78. The van der Waals surface area contributed by atoms with Crippen molar-refractivity contribution < 1.29 is 0 Å². The van der Waals surface area contributed by atoms with Crippen LogP contribution >= 0.6 is 0 Å². The zero-order valence-electron chi connectivity index (χ0n) is 13.7. The van der Waals surface area contributed by atoms with E-state index in [0.717, 1.165) is 0 Å². The number of rotatable bonds is 0. The number of hydrogen-bond donors (Lipinski definition) is 0. The van der Waals surface area contributed by atoms with Crippen LogP contribution in [0.4, 0.5) is 0 Å². The third kappa shape index (κ3) is 32.2. The van der Waals surface area contributed by atoms with Gasteiger partial charge in [-0.15, -0.1) is 0 Å². The molecule has 1 nitrogen and oxygen atoms in total. The Kier molecular flexibility index (Phi) is 54.6. The second-order valence-electron chi connectivity index (χ2n) is 2.68. The van der Waals surface area contributed by atoms with Crippen molar-refractivity contribution >= 4 is 0 Å². The van der Waals surface area contributed by atoms with Gasteiger partial charge in [0.15, 0.2) is 0 Å². The molecule has 0 bridgehead atoms. The van der Waals surface area contributed by atoms with Crippen LogP contribution in [0.2, 0.25) is 0 Å². The molecule has 0 amide bonds. The first kappa shape index (κ1) is 31.7. The van der Waals surface area contributed by atoms with E-state index in [1.165, 1.54) is 5.56 Å². The van der Waals surface area contributed by atoms with Crippen molar-refractivity contribution in [2.75, 3.05) is 0 Å². The van der Waals surface area contributed by atoms with E-state index >= 15 is 0 Å². The Bertz CT molecular complexity index is 276. The average Bonchev–Trinajstić information content (AvgIpc) is 2.56. The molecule has 2 aromatic rings. The summed E-state index contributed by atoms with van der Waals surface area (Å²) < 4.78 is 0. The number of hydrogen-bond acceptors (Lipinski definition) is 1. The fraction of sp³-hybridized carbons (Fsp3) is 0.450. The molecule has 1 aromatic heterocycles. The smallest absolute Gasteiger partial charge is 0.0267 e. The Labute approximate surface area is 135 Å². The predicted molar refractivity (Wildman–Crippen MR) is 103 cm³/mol. The van der Waals surface area contributed by atoms with Gasteiger partial charge in [-0.2, -0.15) is 0 Å². The lowest BCUT2D eigenvalue weighted by Crippen LogP contribution is -1.62. The first-order valence-electron chi connectivity index (χ1n) is 7.26. The highest BCUT2D eigenvalue weighted by atomic mass is 14.6. The molecule has 0 spiro atoms. The quantitative estimate of drug-likeness (QED) is 0.492. The van der Waals surface area contributed by atoms with Crippen LogP contribution in [0.15, 0.2) is 60.9 Å². The topological polar surface area (TPSA) is 12.9 Å². The van der Waals surface area contributed by atoms with Crippen molar-refractivity contribution in [2.24, 2.45) is 0 Å². The van der Waals surface area contributed by atoms with Gasteiger partial charge in [0.1, 0.15) is 0 Å². The fourth-order valence-corrected chi connectivity index (χ4v) is 0.847. The van der Waals surface area contributed by atoms with Crippen molar-refractivity contribution in [3.05, 3.63) is 66.5 Å². The summed E-state index contributed by atoms with van der Waals surface area (Å²) in [7, 11) is 0. The fourth-order valence-electron chi connectivity index (χ4n) is 0.847. The summed E-state index contributed by atoms with van der Waals surface area (Å²) in [4.78, 5) is 3.78. The molecule has 124 valence electrons. The van der Waals surface area contributed by atoms with Crippen LogP contribution in [-0.4, -0.2) is 4.98 Å². The first-order chi connectivity index (χ1) is 9.39. The van der Waals surface area contributed by atoms with Crippen molar-refractivity contribution in [3.8, 4) is 0 Å². The highest BCUT2D eigenvalue weighted by molar-refractivity contribution is 5.11. The van der Waals surface area contributed by atoms with Crippen LogP contribution in [0.5, 0.6) is 0 Å². The Morgan fingerprint density at radius 3 is 1.05 bits per heavy atom. The molecule has 0 fully saturated rings. The minimum atomic E-state index is 0. The van der Waals surface area contributed by atoms with E-state index < -0.39 is 0 Å². The van der Waals surface area contributed by atoms with Crippen molar-refractivity contribution in [1.82, 2.24) is 4.98 Å². The summed E-state index contributed by atoms with van der Waals surface area (Å²) in [5, 5.41) is 0. The van der Waals surface area contributed by atoms with Crippen LogP contribution in [0, 0.1) is 6.92 Å². The molecule has 1 heteroatoms. The first-order valence-corrected chi connectivity index (χ1v) is 7.26. The molecule has 0 unspecified atom stereocenters. The molecular formula is C20H39N. The lowest BCUT2D eigenvalue weighted by atomic mass is 10.2. The van der Waals surface area contributed by atoms with Crippen LogP contribution in [0.25, 0.3) is 0 Å². The molecule has 0 aliphatic carbocycles. The second kappa shape index (κ2) is 36.2. The van der Waals surface area contributed by atoms with Crippen LogP contribution < -0.4 is 0 Å². The van der Waals surface area contributed by atoms with Gasteiger partial charge >= 0.3 is 0 Å². The van der Waals surface area contributed by atoms with Gasteiger partial charge in [0.2, 0.25) is 0 Å². The van der Waals surface area contributed by atoms with Crippen LogP contribution in [0.3, 0.4) is 0 Å². The molecule has 0 aliphatic heterocycles. The maximum Gasteiger partial charge on any atom is 0.0267 e. The maximum absolute atomic E-state index is 3.78. The molecule has 0 saturated carbocycles. The van der Waals surface area contributed by atoms with Crippen molar-refractivity contribution in [3.63, 3.8) is 0 Å². The molecule has 0 radical (unpaired) electrons. The molecule has 1 heterocycles. The summed E-state index contributed by atoms with van der Waals surface area (Å²) in [5.41, 5.74) is 1.32. The van der Waals surface area contributed by atoms with Gasteiger partial charge in [0, 0.05) is 12.4 Å². The monoisotopic (exact) mass is 293 g/mol. The summed E-state index contributed by atoms with van der Waals surface area (Å²) in [5.74, 6) is 0. The normalized spacial score (nSPS) is 6.05. The standard InChI is InChI=1S/C7H8.C5H5N.3C2H6.2CH4/c1-7-5-3-2-4-6-7;1-2-4-6-5-3-1;3*1-2;;/h2-6H,1H3;1-5H;3*1-2H3;2*1H4. The van der Waals surface area contributed by atoms with Gasteiger partial charge in [-0.3, -0.25) is 4.98 Å². The zero-order chi connectivity index (χ0) is 15.4. The highest BCUT2D eigenvalue weighted by Gasteiger charge is 1.72. The Balaban J connectivity index is -0.0000000564. The van der Waals surface area contributed by atoms with E-state index in [1.807, 2.05) is 77.9 Å². The van der Waals surface area contributed by atoms with Gasteiger partial charge < -0.3 is 0 Å². The van der Waals surface area contributed by atoms with E-state index in [2.05, 4.69) is 24.0 Å². The molecule has 0 atom stereocenters. The lowest BCUT2D eigenvalue weighted by molar-refractivity contribution is 1.33. The minimum Gasteiger partial charge on any atom is -0.265 e. The van der Waals surface area contributed by atoms with Gasteiger partial charge in [0.25, 0.3) is 0 Å². The Morgan fingerprint density at radius 2 is 0.905 bits per heavy atom. The Hall–Kier alpha value is -1.63. The molecule has 1 aromatic carbocycles. The van der Waals surface area contributed by atoms with Crippen molar-refractivity contribution in [2.45, 2.75) is 63.3 Å². The summed E-state index contributed by atoms with van der Waals surface area (Å²) in [6, 6.07) is 16.0. The average molecular weight is 294 g/mol. The highest BCUT2D eigenvalue weighted by Crippen LogP contribution is 1.92. The number of pyridine rings is 1. The molecule has 21 heavy (non-hydrogen) atoms. The van der Waals surface area contributed by atoms with E-state index in [4.69, 9.17) is 0 Å². The summed E-state index contributed by atoms with van der Waals surface area (Å²) in [6.45, 7) is 14.1. The van der Waals surface area contributed by atoms with Gasteiger partial charge in [-0.25, -0.2) is 0 Å². The third-order valence-corrected chi connectivity index (χ3v) is 1.51. The Morgan fingerprint density at radius 1 is 0.571 bits per heavy atom. The van der Waals surface area contributed by atoms with E-state index in [0.29, 0.717) is 0 Å². The number of aromatic nitrogens is 1. The lowest BCUT2D eigenvalue weighted by Gasteiger charge is -1.82. The van der Waals surface area contributed by atoms with Gasteiger partial charge in [-0.1, -0.05) is 98.4 Å². The van der Waals surface area contributed by atoms with Gasteiger partial charge in [-0.05, 0) is 19.1 Å². The minimum absolute atomic E-state index is 0. The molecule has 0 saturated heterocycles. The molecule has 2 rings (SSSR count). The van der Waals surface area contributed by atoms with E-state index in [-0.39, 0.29) is 14.9 Å². The molecule has 0 N–H and O–H groups in total. The van der Waals surface area contributed by atoms with E-state index in [1.54, 1.807) is 12.4 Å². The van der Waals surface area contributed by atoms with Crippen LogP contribution in [-0.2, 0) is 0 Å². The molecule has 0 aliphatic rings.